The summed E-state index contributed by atoms with van der Waals surface area (Å²) in [5.41, 5.74) is 0.959. The zero-order chi connectivity index (χ0) is 7.82. The Hall–Kier alpha value is -1.22. The quantitative estimate of drug-likeness (QED) is 0.400. The first-order chi connectivity index (χ1) is 4.85. The Morgan fingerprint density at radius 3 is 2.60 bits per heavy atom. The molecule has 0 aromatic rings. The van der Waals surface area contributed by atoms with E-state index in [0.717, 1.165) is 5.57 Å². The van der Waals surface area contributed by atoms with Gasteiger partial charge in [-0.25, -0.2) is 0 Å². The lowest BCUT2D eigenvalue weighted by Gasteiger charge is -1.82. The van der Waals surface area contributed by atoms with E-state index in [4.69, 9.17) is 0 Å². The van der Waals surface area contributed by atoms with Gasteiger partial charge in [-0.2, -0.15) is 0 Å². The third-order valence-corrected chi connectivity index (χ3v) is 0.957. The van der Waals surface area contributed by atoms with Gasteiger partial charge in [0.1, 0.15) is 0 Å². The second-order valence-electron chi connectivity index (χ2n) is 1.73. The van der Waals surface area contributed by atoms with Gasteiger partial charge in [-0.3, -0.25) is 0 Å². The van der Waals surface area contributed by atoms with Crippen LogP contribution in [-0.2, 0) is 0 Å². The Labute approximate surface area is 63.0 Å². The fourth-order valence-corrected chi connectivity index (χ4v) is 0.505. The molecule has 0 N–H and O–H groups in total. The van der Waals surface area contributed by atoms with Crippen LogP contribution < -0.4 is 0 Å². The predicted octanol–water partition coefficient (Wildman–Crippen LogP) is 2.70. The summed E-state index contributed by atoms with van der Waals surface area (Å²) in [5, 5.41) is 0. The maximum absolute atomic E-state index is 3.63. The molecule has 0 spiro atoms. The van der Waals surface area contributed by atoms with Crippen molar-refractivity contribution < 1.29 is 0 Å². The zero-order valence-corrected chi connectivity index (χ0v) is 6.52. The molecule has 0 saturated heterocycles. The fraction of sp³-hybridized carbons (Fsp3) is 0.200. The van der Waals surface area contributed by atoms with E-state index in [1.807, 2.05) is 32.1 Å². The summed E-state index contributed by atoms with van der Waals surface area (Å²) in [6, 6.07) is 0. The van der Waals surface area contributed by atoms with Crippen LogP contribution in [0.4, 0.5) is 0 Å². The van der Waals surface area contributed by atoms with Crippen LogP contribution in [0.1, 0.15) is 13.8 Å². The van der Waals surface area contributed by atoms with Crippen LogP contribution in [-0.4, -0.2) is 0 Å². The van der Waals surface area contributed by atoms with Crippen LogP contribution >= 0.6 is 0 Å². The van der Waals surface area contributed by atoms with Crippen molar-refractivity contribution in [3.05, 3.63) is 36.5 Å². The lowest BCUT2D eigenvalue weighted by Crippen LogP contribution is -1.67. The highest BCUT2D eigenvalue weighted by molar-refractivity contribution is 5.38. The first kappa shape index (κ1) is 8.78. The zero-order valence-electron chi connectivity index (χ0n) is 6.52. The minimum atomic E-state index is 0.959. The average Bonchev–Trinajstić information content (AvgIpc) is 1.98. The summed E-state index contributed by atoms with van der Waals surface area (Å²) >= 11 is 0. The summed E-state index contributed by atoms with van der Waals surface area (Å²) < 4.78 is 0. The second kappa shape index (κ2) is 5.91. The molecule has 0 unspecified atom stereocenters. The standard InChI is InChI=1S/C10H12/c1-4-7-9-10(6-3)8-5-2/h4,6-7,9H,3H2,1-2H3/b7-4-,10-9+. The van der Waals surface area contributed by atoms with Gasteiger partial charge in [-0.1, -0.05) is 30.7 Å². The molecule has 10 heavy (non-hydrogen) atoms. The summed E-state index contributed by atoms with van der Waals surface area (Å²) in [7, 11) is 0. The van der Waals surface area contributed by atoms with Gasteiger partial charge in [0.25, 0.3) is 0 Å². The van der Waals surface area contributed by atoms with Gasteiger partial charge in [0, 0.05) is 5.57 Å². The Bertz CT molecular complexity index is 206. The van der Waals surface area contributed by atoms with E-state index in [9.17, 15) is 0 Å². The Balaban J connectivity index is 4.28. The van der Waals surface area contributed by atoms with E-state index >= 15 is 0 Å². The molecule has 0 bridgehead atoms. The lowest BCUT2D eigenvalue weighted by atomic mass is 10.2. The van der Waals surface area contributed by atoms with Crippen LogP contribution in [0.3, 0.4) is 0 Å². The Morgan fingerprint density at radius 2 is 2.20 bits per heavy atom. The maximum Gasteiger partial charge on any atom is 0.0239 e. The molecule has 0 aliphatic rings. The first-order valence-corrected chi connectivity index (χ1v) is 3.23. The van der Waals surface area contributed by atoms with Crippen molar-refractivity contribution in [3.63, 3.8) is 0 Å². The van der Waals surface area contributed by atoms with Gasteiger partial charge in [-0.05, 0) is 19.9 Å². The lowest BCUT2D eigenvalue weighted by molar-refractivity contribution is 1.69. The van der Waals surface area contributed by atoms with Crippen molar-refractivity contribution in [3.8, 4) is 11.8 Å². The smallest absolute Gasteiger partial charge is 0.0239 e. The topological polar surface area (TPSA) is 0 Å². The average molecular weight is 132 g/mol. The molecule has 0 heteroatoms. The van der Waals surface area contributed by atoms with E-state index in [2.05, 4.69) is 18.4 Å². The number of hydrogen-bond donors (Lipinski definition) is 0. The summed E-state index contributed by atoms with van der Waals surface area (Å²) in [6.07, 6.45) is 7.59. The summed E-state index contributed by atoms with van der Waals surface area (Å²) in [4.78, 5) is 0. The summed E-state index contributed by atoms with van der Waals surface area (Å²) in [6.45, 7) is 7.41. The summed E-state index contributed by atoms with van der Waals surface area (Å²) in [5.74, 6) is 5.71. The van der Waals surface area contributed by atoms with Crippen molar-refractivity contribution in [2.75, 3.05) is 0 Å². The number of rotatable bonds is 2. The van der Waals surface area contributed by atoms with Crippen LogP contribution in [0.5, 0.6) is 0 Å². The highest BCUT2D eigenvalue weighted by Gasteiger charge is 1.76. The van der Waals surface area contributed by atoms with Crippen LogP contribution in [0.2, 0.25) is 0 Å². The highest BCUT2D eigenvalue weighted by Crippen LogP contribution is 1.92. The maximum atomic E-state index is 3.63. The molecule has 0 rings (SSSR count). The van der Waals surface area contributed by atoms with Crippen molar-refractivity contribution in [1.29, 1.82) is 0 Å². The van der Waals surface area contributed by atoms with Gasteiger partial charge in [0.2, 0.25) is 0 Å². The van der Waals surface area contributed by atoms with Crippen molar-refractivity contribution in [1.82, 2.24) is 0 Å². The minimum Gasteiger partial charge on any atom is -0.101 e. The van der Waals surface area contributed by atoms with Crippen LogP contribution in [0.25, 0.3) is 0 Å². The third kappa shape index (κ3) is 3.74. The van der Waals surface area contributed by atoms with Gasteiger partial charge in [-0.15, -0.1) is 5.92 Å². The molecular formula is C10H12. The molecule has 0 aromatic heterocycles. The molecule has 0 aromatic carbocycles. The molecule has 0 amide bonds. The molecule has 0 fully saturated rings. The first-order valence-electron chi connectivity index (χ1n) is 3.23. The molecule has 0 heterocycles. The van der Waals surface area contributed by atoms with Crippen LogP contribution in [0, 0.1) is 11.8 Å². The Morgan fingerprint density at radius 1 is 1.50 bits per heavy atom. The van der Waals surface area contributed by atoms with Gasteiger partial charge >= 0.3 is 0 Å². The molecule has 0 radical (unpaired) electrons. The SMILES string of the molecule is C=C/C(C#CC)=C\C=C/C. The molecule has 0 aliphatic carbocycles. The monoisotopic (exact) mass is 132 g/mol. The van der Waals surface area contributed by atoms with Gasteiger partial charge in [0.15, 0.2) is 0 Å². The van der Waals surface area contributed by atoms with E-state index in [0.29, 0.717) is 0 Å². The third-order valence-electron chi connectivity index (χ3n) is 0.957. The predicted molar refractivity (Wildman–Crippen MR) is 46.5 cm³/mol. The molecular weight excluding hydrogens is 120 g/mol. The van der Waals surface area contributed by atoms with E-state index in [-0.39, 0.29) is 0 Å². The highest BCUT2D eigenvalue weighted by atomic mass is 13.8. The second-order valence-corrected chi connectivity index (χ2v) is 1.73. The molecule has 52 valence electrons. The molecule has 0 atom stereocenters. The van der Waals surface area contributed by atoms with Gasteiger partial charge in [0.05, 0.1) is 0 Å². The Kier molecular flexibility index (Phi) is 5.19. The number of allylic oxidation sites excluding steroid dienone is 5. The largest absolute Gasteiger partial charge is 0.101 e. The molecule has 0 nitrogen and oxygen atoms in total. The van der Waals surface area contributed by atoms with E-state index in [1.54, 1.807) is 6.08 Å². The van der Waals surface area contributed by atoms with Crippen molar-refractivity contribution in [2.45, 2.75) is 13.8 Å². The van der Waals surface area contributed by atoms with Crippen molar-refractivity contribution >= 4 is 0 Å². The fourth-order valence-electron chi connectivity index (χ4n) is 0.505. The van der Waals surface area contributed by atoms with E-state index < -0.39 is 0 Å². The van der Waals surface area contributed by atoms with Gasteiger partial charge < -0.3 is 0 Å². The van der Waals surface area contributed by atoms with E-state index in [1.165, 1.54) is 0 Å². The van der Waals surface area contributed by atoms with Crippen LogP contribution in [0.15, 0.2) is 36.5 Å². The molecule has 0 aliphatic heterocycles. The van der Waals surface area contributed by atoms with Crippen molar-refractivity contribution in [2.24, 2.45) is 0 Å². The number of hydrogen-bond acceptors (Lipinski definition) is 0. The normalized spacial score (nSPS) is 10.8. The minimum absolute atomic E-state index is 0.959. The molecule has 0 saturated carbocycles.